The molecular weight excluding hydrogens is 216 g/mol. The van der Waals surface area contributed by atoms with Gasteiger partial charge in [0.05, 0.1) is 18.2 Å². The van der Waals surface area contributed by atoms with Gasteiger partial charge < -0.3 is 15.7 Å². The average molecular weight is 240 g/mol. The van der Waals surface area contributed by atoms with E-state index in [4.69, 9.17) is 0 Å². The molecule has 0 bridgehead atoms. The van der Waals surface area contributed by atoms with Gasteiger partial charge in [0.1, 0.15) is 0 Å². The lowest BCUT2D eigenvalue weighted by Gasteiger charge is -2.29. The van der Waals surface area contributed by atoms with Gasteiger partial charge in [0.15, 0.2) is 0 Å². The number of aliphatic hydroxyl groups excluding tert-OH is 1. The molecule has 3 atom stereocenters. The Labute approximate surface area is 103 Å². The van der Waals surface area contributed by atoms with Crippen LogP contribution in [0.15, 0.2) is 0 Å². The highest BCUT2D eigenvalue weighted by Crippen LogP contribution is 2.18. The largest absolute Gasteiger partial charge is 0.391 e. The smallest absolute Gasteiger partial charge is 0.237 e. The summed E-state index contributed by atoms with van der Waals surface area (Å²) in [4.78, 5) is 12.1. The summed E-state index contributed by atoms with van der Waals surface area (Å²) in [5.74, 6) is 0.0813. The fraction of sp³-hybridized carbons (Fsp3) is 0.923. The Hall–Kier alpha value is -0.610. The summed E-state index contributed by atoms with van der Waals surface area (Å²) >= 11 is 0. The van der Waals surface area contributed by atoms with E-state index in [0.717, 1.165) is 51.5 Å². The van der Waals surface area contributed by atoms with Crippen LogP contribution in [0.2, 0.25) is 0 Å². The highest BCUT2D eigenvalue weighted by Gasteiger charge is 2.27. The van der Waals surface area contributed by atoms with E-state index < -0.39 is 0 Å². The monoisotopic (exact) mass is 240 g/mol. The van der Waals surface area contributed by atoms with E-state index in [-0.39, 0.29) is 24.1 Å². The van der Waals surface area contributed by atoms with Crippen molar-refractivity contribution in [1.29, 1.82) is 0 Å². The summed E-state index contributed by atoms with van der Waals surface area (Å²) in [6.07, 6.45) is 8.00. The van der Waals surface area contributed by atoms with Crippen LogP contribution in [0.4, 0.5) is 0 Å². The summed E-state index contributed by atoms with van der Waals surface area (Å²) in [7, 11) is 0. The fourth-order valence-corrected chi connectivity index (χ4v) is 2.82. The molecule has 1 aliphatic carbocycles. The van der Waals surface area contributed by atoms with Crippen LogP contribution in [-0.4, -0.2) is 35.7 Å². The van der Waals surface area contributed by atoms with Crippen LogP contribution >= 0.6 is 0 Å². The first-order valence-corrected chi connectivity index (χ1v) is 6.99. The number of carbonyl (C=O) groups is 1. The Morgan fingerprint density at radius 3 is 2.65 bits per heavy atom. The molecule has 0 aromatic rings. The van der Waals surface area contributed by atoms with Gasteiger partial charge in [0.25, 0.3) is 0 Å². The van der Waals surface area contributed by atoms with Gasteiger partial charge in [0.2, 0.25) is 5.91 Å². The molecule has 17 heavy (non-hydrogen) atoms. The Balaban J connectivity index is 1.82. The summed E-state index contributed by atoms with van der Waals surface area (Å²) < 4.78 is 0. The molecule has 1 heterocycles. The van der Waals surface area contributed by atoms with Crippen molar-refractivity contribution in [2.24, 2.45) is 0 Å². The zero-order valence-electron chi connectivity index (χ0n) is 10.5. The summed E-state index contributed by atoms with van der Waals surface area (Å²) in [6, 6.07) is -0.0760. The van der Waals surface area contributed by atoms with Gasteiger partial charge in [-0.05, 0) is 32.2 Å². The first-order valence-electron chi connectivity index (χ1n) is 6.99. The zero-order valence-corrected chi connectivity index (χ0v) is 10.5. The molecule has 4 heteroatoms. The molecule has 2 fully saturated rings. The fourth-order valence-electron chi connectivity index (χ4n) is 2.82. The van der Waals surface area contributed by atoms with Crippen LogP contribution in [0.1, 0.15) is 51.4 Å². The number of amides is 1. The number of carbonyl (C=O) groups excluding carboxylic acids is 1. The second-order valence-corrected chi connectivity index (χ2v) is 5.32. The third kappa shape index (κ3) is 3.68. The predicted molar refractivity (Wildman–Crippen MR) is 66.7 cm³/mol. The third-order valence-electron chi connectivity index (χ3n) is 3.93. The molecule has 3 N–H and O–H groups in total. The molecule has 0 radical (unpaired) electrons. The highest BCUT2D eigenvalue weighted by atomic mass is 16.3. The molecule has 2 aliphatic rings. The van der Waals surface area contributed by atoms with E-state index >= 15 is 0 Å². The topological polar surface area (TPSA) is 61.4 Å². The Morgan fingerprint density at radius 1 is 1.06 bits per heavy atom. The molecular formula is C13H24N2O2. The molecule has 1 aliphatic heterocycles. The van der Waals surface area contributed by atoms with Crippen LogP contribution in [0.3, 0.4) is 0 Å². The lowest BCUT2D eigenvalue weighted by Crippen LogP contribution is -2.51. The Bertz CT molecular complexity index is 250. The summed E-state index contributed by atoms with van der Waals surface area (Å²) in [5.41, 5.74) is 0. The van der Waals surface area contributed by atoms with E-state index in [1.807, 2.05) is 0 Å². The minimum Gasteiger partial charge on any atom is -0.391 e. The van der Waals surface area contributed by atoms with Crippen molar-refractivity contribution in [1.82, 2.24) is 10.6 Å². The van der Waals surface area contributed by atoms with Gasteiger partial charge >= 0.3 is 0 Å². The summed E-state index contributed by atoms with van der Waals surface area (Å²) in [5, 5.41) is 16.1. The molecule has 4 nitrogen and oxygen atoms in total. The van der Waals surface area contributed by atoms with E-state index in [1.54, 1.807) is 0 Å². The molecule has 1 saturated carbocycles. The number of nitrogens with one attached hydrogen (secondary N) is 2. The first kappa shape index (κ1) is 12.8. The minimum absolute atomic E-state index is 0.0266. The predicted octanol–water partition coefficient (Wildman–Crippen LogP) is 0.938. The minimum atomic E-state index is -0.349. The second kappa shape index (κ2) is 6.36. The number of hydrogen-bond donors (Lipinski definition) is 3. The lowest BCUT2D eigenvalue weighted by atomic mass is 9.92. The SMILES string of the molecule is O=C(NC1CCCCC1O)C1CCCCCN1. The van der Waals surface area contributed by atoms with Crippen LogP contribution in [0, 0.1) is 0 Å². The van der Waals surface area contributed by atoms with Crippen molar-refractivity contribution < 1.29 is 9.90 Å². The maximum absolute atomic E-state index is 12.1. The van der Waals surface area contributed by atoms with Gasteiger partial charge in [0, 0.05) is 0 Å². The maximum Gasteiger partial charge on any atom is 0.237 e. The Kier molecular flexibility index (Phi) is 4.80. The van der Waals surface area contributed by atoms with Crippen molar-refractivity contribution in [3.8, 4) is 0 Å². The molecule has 1 amide bonds. The van der Waals surface area contributed by atoms with E-state index in [0.29, 0.717) is 0 Å². The molecule has 98 valence electrons. The summed E-state index contributed by atoms with van der Waals surface area (Å²) in [6.45, 7) is 0.936. The normalized spacial score (nSPS) is 35.0. The van der Waals surface area contributed by atoms with Crippen LogP contribution in [-0.2, 0) is 4.79 Å². The van der Waals surface area contributed by atoms with Crippen molar-refractivity contribution in [3.05, 3.63) is 0 Å². The molecule has 0 aromatic heterocycles. The quantitative estimate of drug-likeness (QED) is 0.673. The zero-order chi connectivity index (χ0) is 12.1. The third-order valence-corrected chi connectivity index (χ3v) is 3.93. The maximum atomic E-state index is 12.1. The van der Waals surface area contributed by atoms with Gasteiger partial charge in [-0.1, -0.05) is 25.7 Å². The van der Waals surface area contributed by atoms with Gasteiger partial charge in [-0.25, -0.2) is 0 Å². The van der Waals surface area contributed by atoms with Crippen molar-refractivity contribution >= 4 is 5.91 Å². The molecule has 2 rings (SSSR count). The molecule has 3 unspecified atom stereocenters. The van der Waals surface area contributed by atoms with Gasteiger partial charge in [-0.15, -0.1) is 0 Å². The van der Waals surface area contributed by atoms with Crippen LogP contribution in [0.25, 0.3) is 0 Å². The van der Waals surface area contributed by atoms with Crippen molar-refractivity contribution in [2.45, 2.75) is 69.6 Å². The molecule has 0 spiro atoms. The Morgan fingerprint density at radius 2 is 1.82 bits per heavy atom. The first-order chi connectivity index (χ1) is 8.27. The van der Waals surface area contributed by atoms with Crippen LogP contribution in [0.5, 0.6) is 0 Å². The average Bonchev–Trinajstić information content (AvgIpc) is 2.61. The lowest BCUT2D eigenvalue weighted by molar-refractivity contribution is -0.125. The molecule has 0 aromatic carbocycles. The van der Waals surface area contributed by atoms with Gasteiger partial charge in [-0.2, -0.15) is 0 Å². The van der Waals surface area contributed by atoms with Crippen LogP contribution < -0.4 is 10.6 Å². The standard InChI is InChI=1S/C13H24N2O2/c16-12-8-4-3-6-10(12)15-13(17)11-7-2-1-5-9-14-11/h10-12,14,16H,1-9H2,(H,15,17). The molecule has 1 saturated heterocycles. The van der Waals surface area contributed by atoms with E-state index in [9.17, 15) is 9.90 Å². The number of hydrogen-bond acceptors (Lipinski definition) is 3. The van der Waals surface area contributed by atoms with E-state index in [1.165, 1.54) is 6.42 Å². The van der Waals surface area contributed by atoms with E-state index in [2.05, 4.69) is 10.6 Å². The number of rotatable bonds is 2. The second-order valence-electron chi connectivity index (χ2n) is 5.32. The highest BCUT2D eigenvalue weighted by molar-refractivity contribution is 5.82. The van der Waals surface area contributed by atoms with Crippen molar-refractivity contribution in [2.75, 3.05) is 6.54 Å². The van der Waals surface area contributed by atoms with Gasteiger partial charge in [-0.3, -0.25) is 4.79 Å². The van der Waals surface area contributed by atoms with Crippen molar-refractivity contribution in [3.63, 3.8) is 0 Å². The number of aliphatic hydroxyl groups is 1.